The summed E-state index contributed by atoms with van der Waals surface area (Å²) < 4.78 is 0. The van der Waals surface area contributed by atoms with Gasteiger partial charge in [0, 0.05) is 24.0 Å². The van der Waals surface area contributed by atoms with Crippen molar-refractivity contribution in [3.63, 3.8) is 0 Å². The molecule has 2 fully saturated rings. The van der Waals surface area contributed by atoms with Gasteiger partial charge in [-0.1, -0.05) is 23.2 Å². The van der Waals surface area contributed by atoms with Crippen molar-refractivity contribution in [2.75, 3.05) is 22.9 Å². The number of aromatic amines is 1. The molecule has 2 aliphatic carbocycles. The highest BCUT2D eigenvalue weighted by atomic mass is 35.5. The summed E-state index contributed by atoms with van der Waals surface area (Å²) in [6, 6.07) is 2.00. The number of hydrogen-bond donors (Lipinski definition) is 4. The number of hydrogen-bond acceptors (Lipinski definition) is 6. The van der Waals surface area contributed by atoms with Crippen LogP contribution in [0.25, 0.3) is 17.1 Å². The number of aromatic nitrogens is 3. The summed E-state index contributed by atoms with van der Waals surface area (Å²) in [5, 5.41) is 8.47. The van der Waals surface area contributed by atoms with Gasteiger partial charge >= 0.3 is 0 Å². The molecule has 0 amide bonds. The summed E-state index contributed by atoms with van der Waals surface area (Å²) in [4.78, 5) is 20.9. The van der Waals surface area contributed by atoms with Gasteiger partial charge in [-0.05, 0) is 37.7 Å². The minimum Gasteiger partial charge on any atom is -0.385 e. The van der Waals surface area contributed by atoms with Gasteiger partial charge in [0.2, 0.25) is 0 Å². The molecular weight excluding hydrogens is 435 g/mol. The molecule has 1 aliphatic heterocycles. The SMILES string of the molecule is Clc1cnc2[nH]ccc2c1NCC1CC1.Nc1c(Cl)cnc2c1C=[C+]N2.O=CC1CC1. The molecule has 4 heterocycles. The summed E-state index contributed by atoms with van der Waals surface area (Å²) in [6.45, 7) is 1.02. The van der Waals surface area contributed by atoms with Crippen LogP contribution < -0.4 is 16.4 Å². The van der Waals surface area contributed by atoms with Gasteiger partial charge in [0.1, 0.15) is 29.9 Å². The molecule has 3 aromatic heterocycles. The van der Waals surface area contributed by atoms with Crippen LogP contribution in [0.1, 0.15) is 31.2 Å². The molecule has 31 heavy (non-hydrogen) atoms. The maximum atomic E-state index is 9.57. The van der Waals surface area contributed by atoms with E-state index in [4.69, 9.17) is 28.9 Å². The normalized spacial score (nSPS) is 15.5. The fourth-order valence-electron chi connectivity index (χ4n) is 2.90. The third kappa shape index (κ3) is 5.44. The molecule has 0 unspecified atom stereocenters. The Hall–Kier alpha value is -2.86. The summed E-state index contributed by atoms with van der Waals surface area (Å²) in [7, 11) is 0. The highest BCUT2D eigenvalue weighted by Gasteiger charge is 2.23. The lowest BCUT2D eigenvalue weighted by molar-refractivity contribution is -0.108. The molecule has 9 heteroatoms. The highest BCUT2D eigenvalue weighted by Crippen LogP contribution is 2.33. The minimum absolute atomic E-state index is 0.454. The van der Waals surface area contributed by atoms with Crippen LogP contribution in [0, 0.1) is 18.0 Å². The smallest absolute Gasteiger partial charge is 0.295 e. The van der Waals surface area contributed by atoms with E-state index in [1.54, 1.807) is 12.3 Å². The van der Waals surface area contributed by atoms with E-state index in [0.717, 1.165) is 53.9 Å². The Bertz CT molecular complexity index is 1100. The monoisotopic (exact) mass is 457 g/mol. The Morgan fingerprint density at radius 3 is 2.65 bits per heavy atom. The van der Waals surface area contributed by atoms with Crippen molar-refractivity contribution >= 4 is 63.8 Å². The Balaban J connectivity index is 0.000000126. The quantitative estimate of drug-likeness (QED) is 0.318. The number of nitrogen functional groups attached to an aromatic ring is 1. The first-order valence-electron chi connectivity index (χ1n) is 10.2. The number of pyridine rings is 2. The lowest BCUT2D eigenvalue weighted by Crippen LogP contribution is -2.04. The van der Waals surface area contributed by atoms with Crippen molar-refractivity contribution in [1.29, 1.82) is 0 Å². The first-order chi connectivity index (χ1) is 15.1. The third-order valence-electron chi connectivity index (χ3n) is 5.14. The molecule has 6 rings (SSSR count). The molecule has 0 bridgehead atoms. The Morgan fingerprint density at radius 1 is 1.19 bits per heavy atom. The number of anilines is 3. The third-order valence-corrected chi connectivity index (χ3v) is 5.72. The van der Waals surface area contributed by atoms with Gasteiger partial charge in [0.25, 0.3) is 5.82 Å². The van der Waals surface area contributed by atoms with Crippen molar-refractivity contribution in [3.05, 3.63) is 46.5 Å². The predicted molar refractivity (Wildman–Crippen MR) is 126 cm³/mol. The number of nitrogens with zero attached hydrogens (tertiary/aromatic N) is 2. The maximum absolute atomic E-state index is 9.57. The predicted octanol–water partition coefficient (Wildman–Crippen LogP) is 5.15. The van der Waals surface area contributed by atoms with Gasteiger partial charge in [-0.2, -0.15) is 10.3 Å². The van der Waals surface area contributed by atoms with Crippen molar-refractivity contribution in [2.24, 2.45) is 11.8 Å². The van der Waals surface area contributed by atoms with Crippen molar-refractivity contribution in [1.82, 2.24) is 15.0 Å². The number of nitrogens with two attached hydrogens (primary N) is 1. The van der Waals surface area contributed by atoms with E-state index < -0.39 is 0 Å². The first-order valence-corrected chi connectivity index (χ1v) is 10.9. The van der Waals surface area contributed by atoms with E-state index in [9.17, 15) is 4.79 Å². The number of halogens is 2. The topological polar surface area (TPSA) is 109 Å². The van der Waals surface area contributed by atoms with E-state index >= 15 is 0 Å². The van der Waals surface area contributed by atoms with Crippen molar-refractivity contribution in [3.8, 4) is 0 Å². The zero-order valence-electron chi connectivity index (χ0n) is 16.8. The molecule has 3 aliphatic rings. The average Bonchev–Trinajstić information content (AvgIpc) is 3.69. The second-order valence-corrected chi connectivity index (χ2v) is 8.53. The number of H-pyrrole nitrogens is 1. The molecule has 0 saturated heterocycles. The summed E-state index contributed by atoms with van der Waals surface area (Å²) in [5.41, 5.74) is 8.91. The van der Waals surface area contributed by atoms with Crippen LogP contribution in [0.3, 0.4) is 0 Å². The highest BCUT2D eigenvalue weighted by molar-refractivity contribution is 6.34. The molecule has 2 saturated carbocycles. The number of nitrogens with one attached hydrogen (secondary N) is 3. The fraction of sp³-hybridized carbons (Fsp3) is 0.318. The molecule has 0 aromatic carbocycles. The molecule has 5 N–H and O–H groups in total. The molecule has 7 nitrogen and oxygen atoms in total. The van der Waals surface area contributed by atoms with Gasteiger partial charge < -0.3 is 20.8 Å². The van der Waals surface area contributed by atoms with E-state index in [1.807, 2.05) is 12.3 Å². The maximum Gasteiger partial charge on any atom is 0.295 e. The van der Waals surface area contributed by atoms with Gasteiger partial charge in [-0.15, -0.1) is 0 Å². The van der Waals surface area contributed by atoms with Crippen LogP contribution in [0.5, 0.6) is 0 Å². The Kier molecular flexibility index (Phi) is 6.56. The van der Waals surface area contributed by atoms with Gasteiger partial charge in [0.05, 0.1) is 28.1 Å². The number of carbonyl (C=O) groups excluding carboxylic acids is 1. The minimum atomic E-state index is 0.454. The number of rotatable bonds is 4. The summed E-state index contributed by atoms with van der Waals surface area (Å²) in [6.07, 6.45) is 15.6. The van der Waals surface area contributed by atoms with Gasteiger partial charge in [0.15, 0.2) is 5.56 Å². The van der Waals surface area contributed by atoms with E-state index in [2.05, 4.69) is 31.8 Å². The van der Waals surface area contributed by atoms with E-state index in [-0.39, 0.29) is 0 Å². The average molecular weight is 458 g/mol. The van der Waals surface area contributed by atoms with Crippen LogP contribution in [0.15, 0.2) is 24.7 Å². The molecule has 3 aromatic rings. The van der Waals surface area contributed by atoms with E-state index in [1.165, 1.54) is 19.0 Å². The van der Waals surface area contributed by atoms with Crippen molar-refractivity contribution in [2.45, 2.75) is 25.7 Å². The number of carbonyl (C=O) groups is 1. The van der Waals surface area contributed by atoms with Crippen LogP contribution in [0.4, 0.5) is 17.2 Å². The zero-order chi connectivity index (χ0) is 21.8. The lowest BCUT2D eigenvalue weighted by Gasteiger charge is -2.08. The second-order valence-electron chi connectivity index (χ2n) is 7.71. The van der Waals surface area contributed by atoms with E-state index in [0.29, 0.717) is 27.5 Å². The standard InChI is InChI=1S/C11H12ClN3.C7H5ClN3.C4H6O/c12-9-6-15-11-8(3-4-13-11)10(9)14-5-7-1-2-7;8-5-3-11-7-4(6(5)9)1-2-10-7;5-3-4-1-2-4/h3-4,6-7H,1-2,5H2,(H2,13,14,15);1,3H,(H3,9,10,11);3-4H,1-2H2/q;+1;. The van der Waals surface area contributed by atoms with Gasteiger partial charge in [-0.3, -0.25) is 0 Å². The Labute approximate surface area is 190 Å². The molecule has 160 valence electrons. The fourth-order valence-corrected chi connectivity index (χ4v) is 3.27. The first kappa shape index (κ1) is 21.4. The van der Waals surface area contributed by atoms with Crippen LogP contribution in [-0.4, -0.2) is 27.8 Å². The summed E-state index contributed by atoms with van der Waals surface area (Å²) >= 11 is 11.9. The van der Waals surface area contributed by atoms with Gasteiger partial charge in [-0.25, -0.2) is 4.98 Å². The second kappa shape index (κ2) is 9.52. The molecule has 0 atom stereocenters. The molecule has 0 radical (unpaired) electrons. The Morgan fingerprint density at radius 2 is 1.97 bits per heavy atom. The van der Waals surface area contributed by atoms with Crippen LogP contribution >= 0.6 is 23.2 Å². The zero-order valence-corrected chi connectivity index (χ0v) is 18.3. The molecule has 0 spiro atoms. The number of fused-ring (bicyclic) bond motifs is 2. The largest absolute Gasteiger partial charge is 0.385 e. The molecular formula is C22H23Cl2N6O+. The van der Waals surface area contributed by atoms with Crippen LogP contribution in [-0.2, 0) is 4.79 Å². The van der Waals surface area contributed by atoms with Crippen molar-refractivity contribution < 1.29 is 4.79 Å². The van der Waals surface area contributed by atoms with Crippen LogP contribution in [0.2, 0.25) is 10.0 Å². The lowest BCUT2D eigenvalue weighted by atomic mass is 10.2. The summed E-state index contributed by atoms with van der Waals surface area (Å²) in [5.74, 6) is 2.00. The number of aldehydes is 1.